The van der Waals surface area contributed by atoms with Gasteiger partial charge in [0, 0.05) is 38.5 Å². The second kappa shape index (κ2) is 6.66. The average Bonchev–Trinajstić information content (AvgIpc) is 3.42. The highest BCUT2D eigenvalue weighted by atomic mass is 16.5. The topological polar surface area (TPSA) is 47.4 Å². The normalized spacial score (nSPS) is 16.7. The van der Waals surface area contributed by atoms with Crippen LogP contribution in [0.15, 0.2) is 36.4 Å². The first-order valence-corrected chi connectivity index (χ1v) is 10.1. The molecule has 1 fully saturated rings. The Bertz CT molecular complexity index is 1040. The summed E-state index contributed by atoms with van der Waals surface area (Å²) in [6.07, 6.45) is 4.05. The molecule has 1 aliphatic carbocycles. The maximum Gasteiger partial charge on any atom is 0.254 e. The molecule has 28 heavy (non-hydrogen) atoms. The van der Waals surface area contributed by atoms with Crippen molar-refractivity contribution in [3.63, 3.8) is 0 Å². The van der Waals surface area contributed by atoms with Crippen molar-refractivity contribution in [2.75, 3.05) is 13.1 Å². The second-order valence-corrected chi connectivity index (χ2v) is 7.98. The van der Waals surface area contributed by atoms with Gasteiger partial charge in [0.2, 0.25) is 0 Å². The van der Waals surface area contributed by atoms with E-state index in [0.29, 0.717) is 5.56 Å². The Hall–Kier alpha value is -2.82. The summed E-state index contributed by atoms with van der Waals surface area (Å²) in [7, 11) is 1.99. The molecule has 0 atom stereocenters. The number of ether oxygens (including phenoxy) is 1. The third kappa shape index (κ3) is 2.86. The number of hydrogen-bond donors (Lipinski definition) is 0. The lowest BCUT2D eigenvalue weighted by Crippen LogP contribution is -2.27. The standard InChI is InChI=1S/C23H25N3O2/c1-15-24-22-20(25(15)2)13-18(23(27)26-9-5-6-10-26)14-21(22)28-19-11-16-7-3-4-8-17(16)12-19/h3-4,7-8,13-14,19H,5-6,9-12H2,1-2H3. The van der Waals surface area contributed by atoms with E-state index in [9.17, 15) is 4.79 Å². The molecule has 0 saturated carbocycles. The molecule has 0 N–H and O–H groups in total. The minimum Gasteiger partial charge on any atom is -0.487 e. The van der Waals surface area contributed by atoms with Crippen LogP contribution in [0.3, 0.4) is 0 Å². The lowest BCUT2D eigenvalue weighted by atomic mass is 10.1. The largest absolute Gasteiger partial charge is 0.487 e. The quantitative estimate of drug-likeness (QED) is 0.702. The SMILES string of the molecule is Cc1nc2c(OC3Cc4ccccc4C3)cc(C(=O)N3CCCC3)cc2n1C. The highest BCUT2D eigenvalue weighted by Crippen LogP contribution is 2.32. The fourth-order valence-corrected chi connectivity index (χ4v) is 4.47. The molecule has 0 spiro atoms. The molecule has 5 nitrogen and oxygen atoms in total. The summed E-state index contributed by atoms with van der Waals surface area (Å²) in [4.78, 5) is 19.7. The minimum absolute atomic E-state index is 0.0834. The van der Waals surface area contributed by atoms with Gasteiger partial charge in [0.15, 0.2) is 0 Å². The Morgan fingerprint density at radius 3 is 2.46 bits per heavy atom. The summed E-state index contributed by atoms with van der Waals surface area (Å²) in [5, 5.41) is 0. The van der Waals surface area contributed by atoms with Gasteiger partial charge in [-0.15, -0.1) is 0 Å². The molecule has 0 radical (unpaired) electrons. The van der Waals surface area contributed by atoms with E-state index in [1.54, 1.807) is 0 Å². The summed E-state index contributed by atoms with van der Waals surface area (Å²) in [5.41, 5.74) is 5.19. The molecule has 1 aromatic heterocycles. The number of aryl methyl sites for hydroxylation is 2. The van der Waals surface area contributed by atoms with Crippen LogP contribution in [0.2, 0.25) is 0 Å². The van der Waals surface area contributed by atoms with Crippen LogP contribution in [0.25, 0.3) is 11.0 Å². The van der Waals surface area contributed by atoms with Gasteiger partial charge in [0.05, 0.1) is 5.52 Å². The number of hydrogen-bond acceptors (Lipinski definition) is 3. The molecule has 1 amide bonds. The zero-order chi connectivity index (χ0) is 19.3. The van der Waals surface area contributed by atoms with E-state index < -0.39 is 0 Å². The fraction of sp³-hybridized carbons (Fsp3) is 0.391. The van der Waals surface area contributed by atoms with Gasteiger partial charge in [-0.1, -0.05) is 24.3 Å². The van der Waals surface area contributed by atoms with Crippen molar-refractivity contribution < 1.29 is 9.53 Å². The fourth-order valence-electron chi connectivity index (χ4n) is 4.47. The molecule has 2 aliphatic rings. The van der Waals surface area contributed by atoms with E-state index in [1.807, 2.05) is 35.6 Å². The summed E-state index contributed by atoms with van der Waals surface area (Å²) >= 11 is 0. The molecule has 2 aromatic carbocycles. The number of carbonyl (C=O) groups excluding carboxylic acids is 1. The molecule has 3 aromatic rings. The van der Waals surface area contributed by atoms with Gasteiger partial charge in [-0.25, -0.2) is 4.98 Å². The van der Waals surface area contributed by atoms with E-state index in [4.69, 9.17) is 9.72 Å². The Labute approximate surface area is 164 Å². The Balaban J connectivity index is 1.52. The van der Waals surface area contributed by atoms with E-state index in [0.717, 1.165) is 61.4 Å². The first-order chi connectivity index (χ1) is 13.6. The lowest BCUT2D eigenvalue weighted by Gasteiger charge is -2.18. The predicted molar refractivity (Wildman–Crippen MR) is 109 cm³/mol. The molecule has 5 heteroatoms. The van der Waals surface area contributed by atoms with Crippen molar-refractivity contribution in [3.8, 4) is 5.75 Å². The maximum absolute atomic E-state index is 13.0. The van der Waals surface area contributed by atoms with Gasteiger partial charge < -0.3 is 14.2 Å². The Morgan fingerprint density at radius 1 is 1.11 bits per heavy atom. The molecule has 2 heterocycles. The van der Waals surface area contributed by atoms with Crippen LogP contribution < -0.4 is 4.74 Å². The van der Waals surface area contributed by atoms with Crippen LogP contribution in [0.1, 0.15) is 40.2 Å². The van der Waals surface area contributed by atoms with Gasteiger partial charge >= 0.3 is 0 Å². The number of imidazole rings is 1. The number of fused-ring (bicyclic) bond motifs is 2. The molecule has 144 valence electrons. The van der Waals surface area contributed by atoms with Crippen LogP contribution in [-0.2, 0) is 19.9 Å². The first-order valence-electron chi connectivity index (χ1n) is 10.1. The summed E-state index contributed by atoms with van der Waals surface area (Å²) in [6.45, 7) is 3.67. The second-order valence-electron chi connectivity index (χ2n) is 7.98. The van der Waals surface area contributed by atoms with Gasteiger partial charge in [0.25, 0.3) is 5.91 Å². The number of carbonyl (C=O) groups is 1. The molecule has 5 rings (SSSR count). The Morgan fingerprint density at radius 2 is 1.79 bits per heavy atom. The molecule has 1 saturated heterocycles. The molecular formula is C23H25N3O2. The molecule has 1 aliphatic heterocycles. The third-order valence-corrected chi connectivity index (χ3v) is 6.12. The van der Waals surface area contributed by atoms with Crippen molar-refractivity contribution >= 4 is 16.9 Å². The van der Waals surface area contributed by atoms with Crippen LogP contribution in [0, 0.1) is 6.92 Å². The summed E-state index contributed by atoms with van der Waals surface area (Å²) in [6, 6.07) is 12.4. The summed E-state index contributed by atoms with van der Waals surface area (Å²) < 4.78 is 8.48. The smallest absolute Gasteiger partial charge is 0.254 e. The van der Waals surface area contributed by atoms with E-state index in [1.165, 1.54) is 11.1 Å². The number of nitrogens with zero attached hydrogens (tertiary/aromatic N) is 3. The molecular weight excluding hydrogens is 350 g/mol. The van der Waals surface area contributed by atoms with Crippen LogP contribution >= 0.6 is 0 Å². The van der Waals surface area contributed by atoms with Crippen molar-refractivity contribution in [3.05, 3.63) is 58.9 Å². The Kier molecular flexibility index (Phi) is 4.11. The summed E-state index contributed by atoms with van der Waals surface area (Å²) in [5.74, 6) is 1.74. The van der Waals surface area contributed by atoms with Crippen LogP contribution in [-0.4, -0.2) is 39.6 Å². The zero-order valence-corrected chi connectivity index (χ0v) is 16.4. The predicted octanol–water partition coefficient (Wildman–Crippen LogP) is 3.66. The van der Waals surface area contributed by atoms with E-state index >= 15 is 0 Å². The van der Waals surface area contributed by atoms with Gasteiger partial charge in [0.1, 0.15) is 23.2 Å². The number of rotatable bonds is 3. The van der Waals surface area contributed by atoms with E-state index in [2.05, 4.69) is 24.3 Å². The van der Waals surface area contributed by atoms with Gasteiger partial charge in [-0.3, -0.25) is 4.79 Å². The maximum atomic E-state index is 13.0. The van der Waals surface area contributed by atoms with Crippen molar-refractivity contribution in [1.29, 1.82) is 0 Å². The zero-order valence-electron chi connectivity index (χ0n) is 16.4. The van der Waals surface area contributed by atoms with Crippen molar-refractivity contribution in [2.24, 2.45) is 7.05 Å². The van der Waals surface area contributed by atoms with E-state index in [-0.39, 0.29) is 12.0 Å². The number of amides is 1. The minimum atomic E-state index is 0.0834. The average molecular weight is 375 g/mol. The van der Waals surface area contributed by atoms with Crippen LogP contribution in [0.4, 0.5) is 0 Å². The first kappa shape index (κ1) is 17.3. The van der Waals surface area contributed by atoms with Gasteiger partial charge in [-0.05, 0) is 43.0 Å². The number of aromatic nitrogens is 2. The number of likely N-dealkylation sites (tertiary alicyclic amines) is 1. The third-order valence-electron chi connectivity index (χ3n) is 6.12. The molecule has 0 unspecified atom stereocenters. The molecule has 0 bridgehead atoms. The van der Waals surface area contributed by atoms with Crippen molar-refractivity contribution in [2.45, 2.75) is 38.7 Å². The van der Waals surface area contributed by atoms with Gasteiger partial charge in [-0.2, -0.15) is 0 Å². The van der Waals surface area contributed by atoms with Crippen LogP contribution in [0.5, 0.6) is 5.75 Å². The monoisotopic (exact) mass is 375 g/mol. The lowest BCUT2D eigenvalue weighted by molar-refractivity contribution is 0.0792. The number of benzene rings is 2. The highest BCUT2D eigenvalue weighted by molar-refractivity contribution is 5.99. The highest BCUT2D eigenvalue weighted by Gasteiger charge is 2.26. The van der Waals surface area contributed by atoms with Crippen molar-refractivity contribution in [1.82, 2.24) is 14.5 Å².